The van der Waals surface area contributed by atoms with Crippen LogP contribution in [0.3, 0.4) is 0 Å². The van der Waals surface area contributed by atoms with E-state index in [0.29, 0.717) is 0 Å². The lowest BCUT2D eigenvalue weighted by Crippen LogP contribution is -2.28. The maximum atomic E-state index is 3.85. The third-order valence-corrected chi connectivity index (χ3v) is 8.95. The number of hydrogen-bond donors (Lipinski definition) is 1. The van der Waals surface area contributed by atoms with E-state index in [2.05, 4.69) is 187 Å². The Bertz CT molecular complexity index is 2010. The second kappa shape index (κ2) is 10.9. The molecule has 1 aliphatic rings. The fourth-order valence-corrected chi connectivity index (χ4v) is 6.98. The van der Waals surface area contributed by atoms with Gasteiger partial charge in [-0.05, 0) is 74.3 Å². The molecular formula is C43H31N. The third kappa shape index (κ3) is 4.25. The van der Waals surface area contributed by atoms with Gasteiger partial charge in [0.1, 0.15) is 0 Å². The fraction of sp³-hybridized carbons (Fsp3) is 0.0233. The van der Waals surface area contributed by atoms with Gasteiger partial charge in [0.05, 0.1) is 5.41 Å². The molecule has 0 spiro atoms. The first-order valence-electron chi connectivity index (χ1n) is 15.2. The van der Waals surface area contributed by atoms with Crippen LogP contribution in [-0.2, 0) is 5.41 Å². The average molecular weight is 562 g/mol. The first-order valence-corrected chi connectivity index (χ1v) is 15.2. The van der Waals surface area contributed by atoms with Crippen molar-refractivity contribution >= 4 is 11.4 Å². The van der Waals surface area contributed by atoms with Gasteiger partial charge in [-0.2, -0.15) is 0 Å². The van der Waals surface area contributed by atoms with Crippen LogP contribution in [0.1, 0.15) is 22.3 Å². The van der Waals surface area contributed by atoms with Crippen molar-refractivity contribution in [2.24, 2.45) is 0 Å². The molecule has 0 saturated carbocycles. The lowest BCUT2D eigenvalue weighted by atomic mass is 9.67. The molecule has 0 heterocycles. The minimum absolute atomic E-state index is 0.447. The molecule has 0 radical (unpaired) electrons. The van der Waals surface area contributed by atoms with Gasteiger partial charge in [0.15, 0.2) is 0 Å². The van der Waals surface area contributed by atoms with Gasteiger partial charge in [0.25, 0.3) is 0 Å². The molecular weight excluding hydrogens is 530 g/mol. The lowest BCUT2D eigenvalue weighted by molar-refractivity contribution is 0.769. The van der Waals surface area contributed by atoms with Crippen LogP contribution in [0.15, 0.2) is 182 Å². The van der Waals surface area contributed by atoms with E-state index in [1.807, 2.05) is 0 Å². The largest absolute Gasteiger partial charge is 0.355 e. The van der Waals surface area contributed by atoms with Crippen molar-refractivity contribution in [3.63, 3.8) is 0 Å². The van der Waals surface area contributed by atoms with Crippen molar-refractivity contribution in [3.8, 4) is 33.4 Å². The van der Waals surface area contributed by atoms with Crippen LogP contribution in [-0.4, -0.2) is 0 Å². The van der Waals surface area contributed by atoms with E-state index in [9.17, 15) is 0 Å². The molecule has 0 bridgehead atoms. The van der Waals surface area contributed by atoms with Crippen molar-refractivity contribution in [2.45, 2.75) is 5.41 Å². The molecule has 0 unspecified atom stereocenters. The van der Waals surface area contributed by atoms with Crippen molar-refractivity contribution in [1.82, 2.24) is 0 Å². The summed E-state index contributed by atoms with van der Waals surface area (Å²) in [5.74, 6) is 0. The van der Waals surface area contributed by atoms with Crippen LogP contribution in [0.2, 0.25) is 0 Å². The van der Waals surface area contributed by atoms with Crippen LogP contribution in [0.5, 0.6) is 0 Å². The summed E-state index contributed by atoms with van der Waals surface area (Å²) in [6.45, 7) is 0. The molecule has 1 aliphatic carbocycles. The van der Waals surface area contributed by atoms with Gasteiger partial charge in [0, 0.05) is 16.9 Å². The zero-order chi connectivity index (χ0) is 29.3. The van der Waals surface area contributed by atoms with Gasteiger partial charge >= 0.3 is 0 Å². The van der Waals surface area contributed by atoms with E-state index in [0.717, 1.165) is 11.4 Å². The Morgan fingerprint density at radius 3 is 1.45 bits per heavy atom. The fourth-order valence-electron chi connectivity index (χ4n) is 6.98. The van der Waals surface area contributed by atoms with Crippen LogP contribution in [0, 0.1) is 0 Å². The average Bonchev–Trinajstić information content (AvgIpc) is 3.40. The molecule has 1 nitrogen and oxygen atoms in total. The van der Waals surface area contributed by atoms with Crippen molar-refractivity contribution in [2.75, 3.05) is 5.32 Å². The summed E-state index contributed by atoms with van der Waals surface area (Å²) in [7, 11) is 0. The van der Waals surface area contributed by atoms with Gasteiger partial charge in [-0.15, -0.1) is 0 Å². The SMILES string of the molecule is c1ccc(-c2ccc(Nc3cc4c(cc3-c3ccccc3)-c3ccccc3C4(c3ccccc3)c3ccccc3)cc2)cc1. The molecule has 44 heavy (non-hydrogen) atoms. The number of benzene rings is 7. The molecule has 0 atom stereocenters. The summed E-state index contributed by atoms with van der Waals surface area (Å²) in [5.41, 5.74) is 14.2. The van der Waals surface area contributed by atoms with E-state index >= 15 is 0 Å². The first-order chi connectivity index (χ1) is 21.8. The minimum Gasteiger partial charge on any atom is -0.355 e. The van der Waals surface area contributed by atoms with E-state index in [1.54, 1.807) is 0 Å². The van der Waals surface area contributed by atoms with Gasteiger partial charge < -0.3 is 5.32 Å². The summed E-state index contributed by atoms with van der Waals surface area (Å²) < 4.78 is 0. The Morgan fingerprint density at radius 2 is 0.841 bits per heavy atom. The Balaban J connectivity index is 1.37. The smallest absolute Gasteiger partial charge is 0.0714 e. The minimum atomic E-state index is -0.447. The zero-order valence-electron chi connectivity index (χ0n) is 24.3. The zero-order valence-corrected chi connectivity index (χ0v) is 24.3. The lowest BCUT2D eigenvalue weighted by Gasteiger charge is -2.34. The Kier molecular flexibility index (Phi) is 6.43. The highest BCUT2D eigenvalue weighted by molar-refractivity contribution is 5.94. The summed E-state index contributed by atoms with van der Waals surface area (Å²) in [6.07, 6.45) is 0. The van der Waals surface area contributed by atoms with Crippen LogP contribution in [0.4, 0.5) is 11.4 Å². The van der Waals surface area contributed by atoms with E-state index < -0.39 is 5.41 Å². The monoisotopic (exact) mass is 561 g/mol. The third-order valence-electron chi connectivity index (χ3n) is 8.95. The number of nitrogens with one attached hydrogen (secondary N) is 1. The Labute approximate surface area is 259 Å². The standard InChI is InChI=1S/C43H31N/c1-5-15-31(16-6-1)32-25-27-36(28-26-32)44-42-30-41-39(29-38(42)33-17-7-2-8-18-33)37-23-13-14-24-40(37)43(41,34-19-9-3-10-20-34)35-21-11-4-12-22-35/h1-30,44H. The quantitative estimate of drug-likeness (QED) is 0.213. The summed E-state index contributed by atoms with van der Waals surface area (Å²) >= 11 is 0. The number of anilines is 2. The van der Waals surface area contributed by atoms with Crippen molar-refractivity contribution < 1.29 is 0 Å². The van der Waals surface area contributed by atoms with Crippen molar-refractivity contribution in [3.05, 3.63) is 204 Å². The first kappa shape index (κ1) is 26.0. The highest BCUT2D eigenvalue weighted by Gasteiger charge is 2.46. The highest BCUT2D eigenvalue weighted by Crippen LogP contribution is 2.57. The predicted molar refractivity (Wildman–Crippen MR) is 184 cm³/mol. The molecule has 7 aromatic rings. The molecule has 0 amide bonds. The Morgan fingerprint density at radius 1 is 0.341 bits per heavy atom. The Hall–Kier alpha value is -5.66. The van der Waals surface area contributed by atoms with Crippen molar-refractivity contribution in [1.29, 1.82) is 0 Å². The highest BCUT2D eigenvalue weighted by atomic mass is 14.9. The predicted octanol–water partition coefficient (Wildman–Crippen LogP) is 11.1. The topological polar surface area (TPSA) is 12.0 Å². The molecule has 0 fully saturated rings. The number of hydrogen-bond acceptors (Lipinski definition) is 1. The normalized spacial score (nSPS) is 12.7. The second-order valence-electron chi connectivity index (χ2n) is 11.4. The van der Waals surface area contributed by atoms with Gasteiger partial charge in [-0.1, -0.05) is 158 Å². The van der Waals surface area contributed by atoms with E-state index in [4.69, 9.17) is 0 Å². The number of fused-ring (bicyclic) bond motifs is 3. The van der Waals surface area contributed by atoms with Crippen LogP contribution < -0.4 is 5.32 Å². The molecule has 1 N–H and O–H groups in total. The van der Waals surface area contributed by atoms with E-state index in [1.165, 1.54) is 55.6 Å². The van der Waals surface area contributed by atoms with Crippen LogP contribution >= 0.6 is 0 Å². The van der Waals surface area contributed by atoms with E-state index in [-0.39, 0.29) is 0 Å². The molecule has 0 aromatic heterocycles. The molecule has 208 valence electrons. The molecule has 7 aromatic carbocycles. The second-order valence-corrected chi connectivity index (χ2v) is 11.4. The molecule has 1 heteroatoms. The maximum Gasteiger partial charge on any atom is 0.0714 e. The van der Waals surface area contributed by atoms with Gasteiger partial charge in [-0.25, -0.2) is 0 Å². The summed E-state index contributed by atoms with van der Waals surface area (Å²) in [6, 6.07) is 65.7. The van der Waals surface area contributed by atoms with Gasteiger partial charge in [0.2, 0.25) is 0 Å². The summed E-state index contributed by atoms with van der Waals surface area (Å²) in [5, 5.41) is 3.85. The molecule has 0 aliphatic heterocycles. The summed E-state index contributed by atoms with van der Waals surface area (Å²) in [4.78, 5) is 0. The number of rotatable bonds is 6. The maximum absolute atomic E-state index is 3.85. The molecule has 0 saturated heterocycles. The molecule has 8 rings (SSSR count). The van der Waals surface area contributed by atoms with Gasteiger partial charge in [-0.3, -0.25) is 0 Å². The van der Waals surface area contributed by atoms with Crippen LogP contribution in [0.25, 0.3) is 33.4 Å².